The van der Waals surface area contributed by atoms with Crippen molar-refractivity contribution in [1.29, 1.82) is 0 Å². The van der Waals surface area contributed by atoms with Crippen molar-refractivity contribution in [2.75, 3.05) is 6.61 Å². The maximum Gasteiger partial charge on any atom is 0.275 e. The number of hydroxylamine groups is 1. The molecule has 0 unspecified atom stereocenters. The number of amides is 1. The molecule has 1 aliphatic rings. The number of carbonyl (C=O) groups is 1. The number of hydrogen-bond donors (Lipinski definition) is 4. The van der Waals surface area contributed by atoms with E-state index in [0.717, 1.165) is 28.7 Å². The van der Waals surface area contributed by atoms with Crippen molar-refractivity contribution >= 4 is 16.8 Å². The summed E-state index contributed by atoms with van der Waals surface area (Å²) in [4.78, 5) is 16.7. The zero-order valence-corrected chi connectivity index (χ0v) is 16.5. The minimum absolute atomic E-state index is 0.185. The van der Waals surface area contributed by atoms with Crippen molar-refractivity contribution in [3.8, 4) is 34.9 Å². The molecule has 4 rings (SSSR count). The summed E-state index contributed by atoms with van der Waals surface area (Å²) in [5, 5.41) is 28.1. The zero-order chi connectivity index (χ0) is 21.8. The smallest absolute Gasteiger partial charge is 0.275 e. The lowest BCUT2D eigenvalue weighted by atomic mass is 9.76. The second-order valence-corrected chi connectivity index (χ2v) is 7.43. The maximum absolute atomic E-state index is 12.1. The zero-order valence-electron chi connectivity index (χ0n) is 16.5. The molecule has 1 saturated carbocycles. The van der Waals surface area contributed by atoms with Gasteiger partial charge in [0.2, 0.25) is 12.4 Å². The van der Waals surface area contributed by atoms with Crippen LogP contribution in [0.5, 0.6) is 0 Å². The predicted octanol–water partition coefficient (Wildman–Crippen LogP) is 1.92. The van der Waals surface area contributed by atoms with E-state index in [-0.39, 0.29) is 12.2 Å². The van der Waals surface area contributed by atoms with Gasteiger partial charge >= 0.3 is 0 Å². The minimum atomic E-state index is -0.697. The Balaban J connectivity index is 1.57. The van der Waals surface area contributed by atoms with E-state index >= 15 is 0 Å². The van der Waals surface area contributed by atoms with Gasteiger partial charge in [0.15, 0.2) is 0 Å². The van der Waals surface area contributed by atoms with E-state index in [2.05, 4.69) is 28.7 Å². The molecule has 0 bridgehead atoms. The average Bonchev–Trinajstić information content (AvgIpc) is 2.77. The van der Waals surface area contributed by atoms with Crippen LogP contribution in [0.2, 0.25) is 0 Å². The fourth-order valence-corrected chi connectivity index (χ4v) is 3.52. The molecule has 0 spiro atoms. The molecule has 2 aromatic heterocycles. The Kier molecular flexibility index (Phi) is 5.81. The highest BCUT2D eigenvalue weighted by Gasteiger charge is 2.26. The van der Waals surface area contributed by atoms with Crippen LogP contribution in [0.3, 0.4) is 0 Å². The van der Waals surface area contributed by atoms with Crippen molar-refractivity contribution in [2.45, 2.75) is 12.8 Å². The second-order valence-electron chi connectivity index (χ2n) is 7.43. The fourth-order valence-electron chi connectivity index (χ4n) is 3.52. The van der Waals surface area contributed by atoms with Crippen LogP contribution in [-0.2, 0) is 0 Å². The number of nitrogens with zero attached hydrogens (tertiary/aromatic N) is 2. The third-order valence-corrected chi connectivity index (χ3v) is 5.30. The monoisotopic (exact) mass is 414 g/mol. The maximum atomic E-state index is 12.1. The topological polar surface area (TPSA) is 107 Å². The van der Waals surface area contributed by atoms with Gasteiger partial charge in [-0.3, -0.25) is 15.2 Å². The van der Waals surface area contributed by atoms with E-state index in [1.807, 2.05) is 24.3 Å². The van der Waals surface area contributed by atoms with Crippen molar-refractivity contribution < 1.29 is 25.0 Å². The molecule has 0 aliphatic heterocycles. The molecule has 4 N–H and O–H groups in total. The van der Waals surface area contributed by atoms with Gasteiger partial charge < -0.3 is 5.11 Å². The number of aliphatic hydroxyl groups excluding tert-OH is 1. The number of rotatable bonds is 3. The molecular weight excluding hydrogens is 394 g/mol. The van der Waals surface area contributed by atoms with Crippen LogP contribution in [0.15, 0.2) is 48.8 Å². The Labute approximate surface area is 178 Å². The van der Waals surface area contributed by atoms with Gasteiger partial charge in [-0.05, 0) is 48.8 Å². The summed E-state index contributed by atoms with van der Waals surface area (Å²) in [5.74, 6) is 11.9. The summed E-state index contributed by atoms with van der Waals surface area (Å²) < 4.78 is 0.824. The standard InChI is InChI=1S/C24H19N3O4/c28-15-18-11-17(12-18)4-2-1-3-16-5-7-19(8-6-16)23-13-20(24(29)26-30)21-14-27(31)10-9-22(21)25-23/h5-10,13-14,17-18,28H,11-12,15H2,(H2-,25,26,29,30,31)/p+1. The van der Waals surface area contributed by atoms with E-state index in [1.54, 1.807) is 17.6 Å². The molecule has 0 atom stereocenters. The highest BCUT2D eigenvalue weighted by atomic mass is 16.5. The lowest BCUT2D eigenvalue weighted by molar-refractivity contribution is -0.904. The van der Waals surface area contributed by atoms with Crippen LogP contribution < -0.4 is 10.2 Å². The van der Waals surface area contributed by atoms with Crippen molar-refractivity contribution in [1.82, 2.24) is 10.5 Å². The molecule has 3 aromatic rings. The molecular formula is C24H20N3O4+. The van der Waals surface area contributed by atoms with Crippen LogP contribution in [0.4, 0.5) is 0 Å². The van der Waals surface area contributed by atoms with E-state index in [4.69, 9.17) is 10.3 Å². The first kappa shape index (κ1) is 20.4. The normalized spacial score (nSPS) is 17.0. The third-order valence-electron chi connectivity index (χ3n) is 5.30. The van der Waals surface area contributed by atoms with Gasteiger partial charge in [0, 0.05) is 34.4 Å². The SMILES string of the molecule is O=C(NO)c1cc(-c2ccc(C#CC#CC3CC(CO)C3)cc2)nc2cc[n+](O)cc12. The van der Waals surface area contributed by atoms with Crippen molar-refractivity contribution in [3.05, 3.63) is 59.9 Å². The van der Waals surface area contributed by atoms with Gasteiger partial charge in [-0.25, -0.2) is 10.5 Å². The van der Waals surface area contributed by atoms with Crippen LogP contribution in [0.1, 0.15) is 28.8 Å². The molecule has 0 radical (unpaired) electrons. The number of carbonyl (C=O) groups excluding carboxylic acids is 1. The van der Waals surface area contributed by atoms with Gasteiger partial charge in [-0.1, -0.05) is 24.0 Å². The molecule has 1 aliphatic carbocycles. The lowest BCUT2D eigenvalue weighted by Crippen LogP contribution is -2.29. The quantitative estimate of drug-likeness (QED) is 0.172. The molecule has 7 heteroatoms. The lowest BCUT2D eigenvalue weighted by Gasteiger charge is -2.29. The Bertz CT molecular complexity index is 1260. The Morgan fingerprint density at radius 2 is 1.97 bits per heavy atom. The van der Waals surface area contributed by atoms with Crippen molar-refractivity contribution in [3.63, 3.8) is 0 Å². The Morgan fingerprint density at radius 3 is 2.68 bits per heavy atom. The van der Waals surface area contributed by atoms with E-state index in [9.17, 15) is 10.0 Å². The number of aromatic nitrogens is 2. The van der Waals surface area contributed by atoms with Crippen LogP contribution in [0.25, 0.3) is 22.2 Å². The molecule has 2 heterocycles. The first-order chi connectivity index (χ1) is 15.1. The molecule has 154 valence electrons. The number of fused-ring (bicyclic) bond motifs is 1. The number of pyridine rings is 2. The molecule has 1 fully saturated rings. The third kappa shape index (κ3) is 4.49. The molecule has 31 heavy (non-hydrogen) atoms. The summed E-state index contributed by atoms with van der Waals surface area (Å²) >= 11 is 0. The first-order valence-electron chi connectivity index (χ1n) is 9.80. The van der Waals surface area contributed by atoms with Gasteiger partial charge in [-0.15, -0.1) is 0 Å². The number of hydrogen-bond acceptors (Lipinski definition) is 5. The van der Waals surface area contributed by atoms with Gasteiger partial charge in [-0.2, -0.15) is 0 Å². The Hall–Kier alpha value is -3.91. The van der Waals surface area contributed by atoms with Crippen LogP contribution in [-0.4, -0.2) is 33.0 Å². The molecule has 0 saturated heterocycles. The molecule has 1 amide bonds. The van der Waals surface area contributed by atoms with Crippen LogP contribution in [0, 0.1) is 35.5 Å². The number of nitrogens with one attached hydrogen (secondary N) is 1. The Morgan fingerprint density at radius 1 is 1.19 bits per heavy atom. The number of benzene rings is 1. The fraction of sp³-hybridized carbons (Fsp3) is 0.208. The average molecular weight is 414 g/mol. The first-order valence-corrected chi connectivity index (χ1v) is 9.80. The molecule has 1 aromatic carbocycles. The molecule has 7 nitrogen and oxygen atoms in total. The minimum Gasteiger partial charge on any atom is -0.396 e. The van der Waals surface area contributed by atoms with Gasteiger partial charge in [0.1, 0.15) is 0 Å². The summed E-state index contributed by atoms with van der Waals surface area (Å²) in [6.07, 6.45) is 4.64. The summed E-state index contributed by atoms with van der Waals surface area (Å²) in [6, 6.07) is 10.5. The van der Waals surface area contributed by atoms with Crippen molar-refractivity contribution in [2.24, 2.45) is 11.8 Å². The van der Waals surface area contributed by atoms with E-state index < -0.39 is 5.91 Å². The van der Waals surface area contributed by atoms with Gasteiger partial charge in [0.25, 0.3) is 5.91 Å². The predicted molar refractivity (Wildman–Crippen MR) is 112 cm³/mol. The van der Waals surface area contributed by atoms with Crippen LogP contribution >= 0.6 is 0 Å². The highest BCUT2D eigenvalue weighted by Crippen LogP contribution is 2.32. The number of aliphatic hydroxyl groups is 1. The largest absolute Gasteiger partial charge is 0.396 e. The summed E-state index contributed by atoms with van der Waals surface area (Å²) in [6.45, 7) is 0.232. The summed E-state index contributed by atoms with van der Waals surface area (Å²) in [7, 11) is 0. The van der Waals surface area contributed by atoms with E-state index in [1.165, 1.54) is 12.4 Å². The van der Waals surface area contributed by atoms with E-state index in [0.29, 0.717) is 28.4 Å². The highest BCUT2D eigenvalue weighted by molar-refractivity contribution is 6.06. The second kappa shape index (κ2) is 8.85. The van der Waals surface area contributed by atoms with Gasteiger partial charge in [0.05, 0.1) is 22.2 Å². The summed E-state index contributed by atoms with van der Waals surface area (Å²) in [5.41, 5.74) is 4.44.